The standard InChI is InChI=1S/C32H54O4/c1-21(2)29(34)16-13-24(9-7-17-31(4,5)36)28-15-14-27-23(10-8-18-32(27,28)6)11-12-25-19-26(33)20-30(35)22(25)3/h11-12,21,24,26-30,33-36H,3,7-10,13-20H2,1-2,4-6H3/b23-11+,25-12-/t24-,26+,27-,28+,29+,30?,32-/m0/s1. The Morgan fingerprint density at radius 2 is 1.83 bits per heavy atom. The van der Waals surface area contributed by atoms with Crippen molar-refractivity contribution in [1.82, 2.24) is 0 Å². The van der Waals surface area contributed by atoms with Gasteiger partial charge < -0.3 is 20.4 Å². The first-order valence-corrected chi connectivity index (χ1v) is 14.7. The van der Waals surface area contributed by atoms with Crippen LogP contribution in [0.4, 0.5) is 0 Å². The number of fused-ring (bicyclic) bond motifs is 1. The van der Waals surface area contributed by atoms with Crippen LogP contribution >= 0.6 is 0 Å². The molecule has 36 heavy (non-hydrogen) atoms. The Hall–Kier alpha value is -0.940. The van der Waals surface area contributed by atoms with Gasteiger partial charge in [-0.05, 0) is 112 Å². The molecule has 0 aliphatic heterocycles. The minimum Gasteiger partial charge on any atom is -0.393 e. The van der Waals surface area contributed by atoms with Crippen LogP contribution in [0, 0.1) is 29.1 Å². The van der Waals surface area contributed by atoms with E-state index in [2.05, 4.69) is 39.5 Å². The van der Waals surface area contributed by atoms with Crippen molar-refractivity contribution in [3.8, 4) is 0 Å². The molecule has 0 aromatic heterocycles. The molecule has 0 saturated heterocycles. The van der Waals surface area contributed by atoms with Gasteiger partial charge in [-0.1, -0.05) is 57.9 Å². The van der Waals surface area contributed by atoms with Crippen molar-refractivity contribution < 1.29 is 20.4 Å². The topological polar surface area (TPSA) is 80.9 Å². The zero-order valence-electron chi connectivity index (χ0n) is 23.7. The highest BCUT2D eigenvalue weighted by molar-refractivity contribution is 5.38. The van der Waals surface area contributed by atoms with Crippen LogP contribution in [0.25, 0.3) is 0 Å². The quantitative estimate of drug-likeness (QED) is 0.275. The molecule has 1 unspecified atom stereocenters. The summed E-state index contributed by atoms with van der Waals surface area (Å²) in [6.07, 6.45) is 15.0. The maximum Gasteiger partial charge on any atom is 0.0811 e. The third-order valence-electron chi connectivity index (χ3n) is 9.84. The Morgan fingerprint density at radius 1 is 1.11 bits per heavy atom. The Bertz CT molecular complexity index is 803. The first-order valence-electron chi connectivity index (χ1n) is 14.7. The van der Waals surface area contributed by atoms with E-state index < -0.39 is 17.8 Å². The molecule has 3 rings (SSSR count). The molecular formula is C32H54O4. The molecule has 0 bridgehead atoms. The third kappa shape index (κ3) is 7.34. The molecule has 4 heteroatoms. The molecular weight excluding hydrogens is 448 g/mol. The number of hydrogen-bond acceptors (Lipinski definition) is 4. The first kappa shape index (κ1) is 29.6. The van der Waals surface area contributed by atoms with Gasteiger partial charge in [0.05, 0.1) is 23.9 Å². The summed E-state index contributed by atoms with van der Waals surface area (Å²) in [6, 6.07) is 0. The van der Waals surface area contributed by atoms with Crippen LogP contribution < -0.4 is 0 Å². The second-order valence-electron chi connectivity index (χ2n) is 13.5. The molecule has 206 valence electrons. The lowest BCUT2D eigenvalue weighted by molar-refractivity contribution is 0.0478. The predicted molar refractivity (Wildman–Crippen MR) is 148 cm³/mol. The molecule has 0 heterocycles. The lowest BCUT2D eigenvalue weighted by Crippen LogP contribution is -2.37. The second kappa shape index (κ2) is 12.3. The molecule has 0 spiro atoms. The first-order chi connectivity index (χ1) is 16.8. The van der Waals surface area contributed by atoms with E-state index in [0.717, 1.165) is 49.7 Å². The van der Waals surface area contributed by atoms with E-state index in [1.165, 1.54) is 31.3 Å². The molecule has 0 aromatic carbocycles. The van der Waals surface area contributed by atoms with Crippen LogP contribution in [-0.2, 0) is 0 Å². The lowest BCUT2D eigenvalue weighted by Gasteiger charge is -2.45. The second-order valence-corrected chi connectivity index (χ2v) is 13.5. The summed E-state index contributed by atoms with van der Waals surface area (Å²) >= 11 is 0. The minimum absolute atomic E-state index is 0.241. The summed E-state index contributed by atoms with van der Waals surface area (Å²) in [5.74, 6) is 2.09. The molecule has 0 aromatic rings. The fraction of sp³-hybridized carbons (Fsp3) is 0.812. The van der Waals surface area contributed by atoms with E-state index in [1.807, 2.05) is 13.8 Å². The highest BCUT2D eigenvalue weighted by Gasteiger charge is 2.51. The highest BCUT2D eigenvalue weighted by Crippen LogP contribution is 2.60. The molecule has 3 fully saturated rings. The fourth-order valence-corrected chi connectivity index (χ4v) is 7.58. The zero-order chi connectivity index (χ0) is 26.7. The van der Waals surface area contributed by atoms with E-state index in [0.29, 0.717) is 30.6 Å². The van der Waals surface area contributed by atoms with Crippen molar-refractivity contribution in [1.29, 1.82) is 0 Å². The van der Waals surface area contributed by atoms with Crippen LogP contribution in [0.2, 0.25) is 0 Å². The van der Waals surface area contributed by atoms with Gasteiger partial charge in [0, 0.05) is 6.42 Å². The number of aliphatic hydroxyl groups is 4. The monoisotopic (exact) mass is 502 g/mol. The Kier molecular flexibility index (Phi) is 10.1. The average molecular weight is 503 g/mol. The molecule has 0 amide bonds. The van der Waals surface area contributed by atoms with Crippen LogP contribution in [0.5, 0.6) is 0 Å². The Balaban J connectivity index is 1.78. The van der Waals surface area contributed by atoms with Crippen molar-refractivity contribution in [2.24, 2.45) is 29.1 Å². The molecule has 7 atom stereocenters. The fourth-order valence-electron chi connectivity index (χ4n) is 7.58. The van der Waals surface area contributed by atoms with E-state index >= 15 is 0 Å². The van der Waals surface area contributed by atoms with Gasteiger partial charge in [0.2, 0.25) is 0 Å². The van der Waals surface area contributed by atoms with Crippen molar-refractivity contribution in [3.63, 3.8) is 0 Å². The van der Waals surface area contributed by atoms with Crippen LogP contribution in [-0.4, -0.2) is 44.3 Å². The highest BCUT2D eigenvalue weighted by atomic mass is 16.3. The number of hydrogen-bond donors (Lipinski definition) is 4. The van der Waals surface area contributed by atoms with Crippen molar-refractivity contribution >= 4 is 0 Å². The van der Waals surface area contributed by atoms with Gasteiger partial charge >= 0.3 is 0 Å². The van der Waals surface area contributed by atoms with Crippen molar-refractivity contribution in [2.45, 2.75) is 136 Å². The van der Waals surface area contributed by atoms with Gasteiger partial charge in [-0.15, -0.1) is 0 Å². The number of rotatable bonds is 10. The van der Waals surface area contributed by atoms with Crippen LogP contribution in [0.1, 0.15) is 112 Å². The summed E-state index contributed by atoms with van der Waals surface area (Å²) in [6.45, 7) is 14.6. The lowest BCUT2D eigenvalue weighted by atomic mass is 9.60. The summed E-state index contributed by atoms with van der Waals surface area (Å²) in [5.41, 5.74) is 2.92. The Labute approximate surface area is 220 Å². The van der Waals surface area contributed by atoms with Gasteiger partial charge in [0.25, 0.3) is 0 Å². The molecule has 3 saturated carbocycles. The van der Waals surface area contributed by atoms with Gasteiger partial charge in [0.1, 0.15) is 0 Å². The predicted octanol–water partition coefficient (Wildman–Crippen LogP) is 6.48. The largest absolute Gasteiger partial charge is 0.393 e. The Morgan fingerprint density at radius 3 is 2.50 bits per heavy atom. The van der Waals surface area contributed by atoms with Gasteiger partial charge in [-0.3, -0.25) is 0 Å². The van der Waals surface area contributed by atoms with Crippen LogP contribution in [0.15, 0.2) is 35.5 Å². The smallest absolute Gasteiger partial charge is 0.0811 e. The number of allylic oxidation sites excluding steroid dienone is 3. The van der Waals surface area contributed by atoms with E-state index in [9.17, 15) is 20.4 Å². The van der Waals surface area contributed by atoms with Gasteiger partial charge in [-0.2, -0.15) is 0 Å². The average Bonchev–Trinajstić information content (AvgIpc) is 3.13. The summed E-state index contributed by atoms with van der Waals surface area (Å²) in [4.78, 5) is 0. The van der Waals surface area contributed by atoms with Crippen LogP contribution in [0.3, 0.4) is 0 Å². The summed E-state index contributed by atoms with van der Waals surface area (Å²) < 4.78 is 0. The molecule has 0 radical (unpaired) electrons. The SMILES string of the molecule is C=C1/C(=C\C=C2/CCC[C@]3(C)[C@@H]([C@@H](CCCC(C)(C)O)CC[C@@H](O)C(C)C)CC[C@@H]23)C[C@@H](O)CC1O. The summed E-state index contributed by atoms with van der Waals surface area (Å²) in [7, 11) is 0. The van der Waals surface area contributed by atoms with Gasteiger partial charge in [-0.25, -0.2) is 0 Å². The normalized spacial score (nSPS) is 35.4. The maximum atomic E-state index is 10.6. The summed E-state index contributed by atoms with van der Waals surface area (Å²) in [5, 5.41) is 41.2. The number of aliphatic hydroxyl groups excluding tert-OH is 3. The third-order valence-corrected chi connectivity index (χ3v) is 9.84. The molecule has 4 N–H and O–H groups in total. The minimum atomic E-state index is -0.642. The van der Waals surface area contributed by atoms with Crippen molar-refractivity contribution in [3.05, 3.63) is 35.5 Å². The van der Waals surface area contributed by atoms with Crippen molar-refractivity contribution in [2.75, 3.05) is 0 Å². The van der Waals surface area contributed by atoms with E-state index in [-0.39, 0.29) is 17.4 Å². The molecule has 4 nitrogen and oxygen atoms in total. The molecule has 3 aliphatic carbocycles. The van der Waals surface area contributed by atoms with Gasteiger partial charge in [0.15, 0.2) is 0 Å². The maximum absolute atomic E-state index is 10.6. The van der Waals surface area contributed by atoms with E-state index in [1.54, 1.807) is 0 Å². The zero-order valence-corrected chi connectivity index (χ0v) is 23.7. The van der Waals surface area contributed by atoms with E-state index in [4.69, 9.17) is 0 Å². The molecule has 3 aliphatic rings.